The zero-order valence-corrected chi connectivity index (χ0v) is 10.1. The van der Waals surface area contributed by atoms with Crippen LogP contribution in [0.3, 0.4) is 0 Å². The first kappa shape index (κ1) is 12.3. The Hall–Kier alpha value is -0.730. The number of hydrogen-bond acceptors (Lipinski definition) is 2. The quantitative estimate of drug-likeness (QED) is 0.857. The zero-order chi connectivity index (χ0) is 11.5. The molecule has 0 aliphatic rings. The Morgan fingerprint density at radius 3 is 2.67 bits per heavy atom. The third kappa shape index (κ3) is 2.86. The van der Waals surface area contributed by atoms with E-state index in [0.29, 0.717) is 10.8 Å². The van der Waals surface area contributed by atoms with Gasteiger partial charge in [-0.3, -0.25) is 0 Å². The predicted octanol–water partition coefficient (Wildman–Crippen LogP) is 3.36. The minimum atomic E-state index is -0.813. The van der Waals surface area contributed by atoms with Crippen molar-refractivity contribution in [3.05, 3.63) is 28.8 Å². The number of ether oxygens (including phenoxy) is 1. The third-order valence-electron chi connectivity index (χ3n) is 2.51. The molecule has 84 valence electrons. The van der Waals surface area contributed by atoms with Crippen molar-refractivity contribution in [1.29, 1.82) is 0 Å². The summed E-state index contributed by atoms with van der Waals surface area (Å²) in [6.07, 6.45) is 1.65. The fraction of sp³-hybridized carbons (Fsp3) is 0.500. The van der Waals surface area contributed by atoms with Gasteiger partial charge in [0.15, 0.2) is 0 Å². The van der Waals surface area contributed by atoms with Crippen LogP contribution in [-0.4, -0.2) is 12.2 Å². The second-order valence-electron chi connectivity index (χ2n) is 3.87. The lowest BCUT2D eigenvalue weighted by Crippen LogP contribution is -2.20. The van der Waals surface area contributed by atoms with Crippen LogP contribution in [0.15, 0.2) is 18.2 Å². The molecule has 0 saturated heterocycles. The van der Waals surface area contributed by atoms with Crippen LogP contribution in [0.1, 0.15) is 32.3 Å². The summed E-state index contributed by atoms with van der Waals surface area (Å²) in [5, 5.41) is 10.8. The van der Waals surface area contributed by atoms with Gasteiger partial charge in [-0.05, 0) is 31.0 Å². The molecule has 0 fully saturated rings. The van der Waals surface area contributed by atoms with Gasteiger partial charge in [-0.15, -0.1) is 0 Å². The molecule has 0 aliphatic heterocycles. The summed E-state index contributed by atoms with van der Waals surface area (Å²) in [7, 11) is 1.57. The molecule has 1 N–H and O–H groups in total. The van der Waals surface area contributed by atoms with E-state index in [9.17, 15) is 5.11 Å². The number of halogens is 1. The summed E-state index contributed by atoms with van der Waals surface area (Å²) in [6, 6.07) is 5.37. The van der Waals surface area contributed by atoms with Crippen LogP contribution in [0.2, 0.25) is 5.02 Å². The lowest BCUT2D eigenvalue weighted by Gasteiger charge is -2.23. The van der Waals surface area contributed by atoms with Crippen molar-refractivity contribution in [2.24, 2.45) is 0 Å². The molecule has 0 bridgehead atoms. The van der Waals surface area contributed by atoms with E-state index in [1.54, 1.807) is 26.2 Å². The van der Waals surface area contributed by atoms with Crippen LogP contribution in [0.5, 0.6) is 5.75 Å². The SMILES string of the molecule is CCCC(C)(O)c1ccc(Cl)c(OC)c1. The molecule has 0 amide bonds. The van der Waals surface area contributed by atoms with Gasteiger partial charge in [0.1, 0.15) is 5.75 Å². The molecule has 3 heteroatoms. The van der Waals surface area contributed by atoms with Crippen LogP contribution in [0.4, 0.5) is 0 Å². The smallest absolute Gasteiger partial charge is 0.137 e. The van der Waals surface area contributed by atoms with Gasteiger partial charge in [0.2, 0.25) is 0 Å². The minimum absolute atomic E-state index is 0.563. The minimum Gasteiger partial charge on any atom is -0.495 e. The predicted molar refractivity (Wildman–Crippen MR) is 62.5 cm³/mol. The molecular weight excluding hydrogens is 212 g/mol. The molecule has 0 spiro atoms. The van der Waals surface area contributed by atoms with E-state index in [-0.39, 0.29) is 0 Å². The van der Waals surface area contributed by atoms with Gasteiger partial charge in [-0.25, -0.2) is 0 Å². The van der Waals surface area contributed by atoms with Gasteiger partial charge in [0.05, 0.1) is 17.7 Å². The second-order valence-corrected chi connectivity index (χ2v) is 4.28. The first-order chi connectivity index (χ1) is 7.01. The molecule has 1 unspecified atom stereocenters. The maximum Gasteiger partial charge on any atom is 0.137 e. The standard InChI is InChI=1S/C12H17ClO2/c1-4-7-12(2,14)9-5-6-10(13)11(8-9)15-3/h5-6,8,14H,4,7H2,1-3H3. The van der Waals surface area contributed by atoms with Crippen molar-refractivity contribution in [3.63, 3.8) is 0 Å². The maximum absolute atomic E-state index is 10.2. The number of methoxy groups -OCH3 is 1. The summed E-state index contributed by atoms with van der Waals surface area (Å²) in [5.41, 5.74) is 0.0256. The normalized spacial score (nSPS) is 14.7. The van der Waals surface area contributed by atoms with Crippen LogP contribution in [-0.2, 0) is 5.60 Å². The van der Waals surface area contributed by atoms with E-state index < -0.39 is 5.60 Å². The molecule has 0 aliphatic carbocycles. The molecule has 0 radical (unpaired) electrons. The van der Waals surface area contributed by atoms with Crippen molar-refractivity contribution in [2.45, 2.75) is 32.3 Å². The molecule has 1 aromatic carbocycles. The molecule has 1 aromatic rings. The van der Waals surface area contributed by atoms with Crippen molar-refractivity contribution in [3.8, 4) is 5.75 Å². The first-order valence-electron chi connectivity index (χ1n) is 5.07. The Labute approximate surface area is 95.8 Å². The van der Waals surface area contributed by atoms with Crippen LogP contribution >= 0.6 is 11.6 Å². The Balaban J connectivity index is 3.04. The summed E-state index contributed by atoms with van der Waals surface area (Å²) in [6.45, 7) is 3.85. The topological polar surface area (TPSA) is 29.5 Å². The first-order valence-corrected chi connectivity index (χ1v) is 5.45. The van der Waals surface area contributed by atoms with Crippen LogP contribution < -0.4 is 4.74 Å². The van der Waals surface area contributed by atoms with E-state index in [2.05, 4.69) is 0 Å². The third-order valence-corrected chi connectivity index (χ3v) is 2.82. The van der Waals surface area contributed by atoms with Gasteiger partial charge in [0, 0.05) is 0 Å². The molecule has 1 rings (SSSR count). The summed E-state index contributed by atoms with van der Waals surface area (Å²) in [4.78, 5) is 0. The fourth-order valence-electron chi connectivity index (χ4n) is 1.63. The molecule has 1 atom stereocenters. The van der Waals surface area contributed by atoms with Crippen LogP contribution in [0, 0.1) is 0 Å². The van der Waals surface area contributed by atoms with Crippen molar-refractivity contribution >= 4 is 11.6 Å². The average molecular weight is 229 g/mol. The van der Waals surface area contributed by atoms with Gasteiger partial charge in [-0.1, -0.05) is 31.0 Å². The fourth-order valence-corrected chi connectivity index (χ4v) is 1.82. The monoisotopic (exact) mass is 228 g/mol. The van der Waals surface area contributed by atoms with Gasteiger partial charge >= 0.3 is 0 Å². The Bertz CT molecular complexity index is 334. The molecule has 0 heterocycles. The van der Waals surface area contributed by atoms with Crippen molar-refractivity contribution in [2.75, 3.05) is 7.11 Å². The zero-order valence-electron chi connectivity index (χ0n) is 9.38. The Morgan fingerprint density at radius 2 is 2.13 bits per heavy atom. The van der Waals surface area contributed by atoms with Crippen molar-refractivity contribution < 1.29 is 9.84 Å². The molecule has 0 aromatic heterocycles. The highest BCUT2D eigenvalue weighted by Gasteiger charge is 2.22. The highest BCUT2D eigenvalue weighted by Crippen LogP contribution is 2.32. The van der Waals surface area contributed by atoms with Gasteiger partial charge in [0.25, 0.3) is 0 Å². The largest absolute Gasteiger partial charge is 0.495 e. The Morgan fingerprint density at radius 1 is 1.47 bits per heavy atom. The maximum atomic E-state index is 10.2. The molecule has 15 heavy (non-hydrogen) atoms. The lowest BCUT2D eigenvalue weighted by molar-refractivity contribution is 0.0467. The second kappa shape index (κ2) is 4.86. The van der Waals surface area contributed by atoms with Crippen molar-refractivity contribution in [1.82, 2.24) is 0 Å². The van der Waals surface area contributed by atoms with Gasteiger partial charge in [-0.2, -0.15) is 0 Å². The van der Waals surface area contributed by atoms with E-state index in [4.69, 9.17) is 16.3 Å². The molecule has 0 saturated carbocycles. The summed E-state index contributed by atoms with van der Waals surface area (Å²) >= 11 is 5.92. The lowest BCUT2D eigenvalue weighted by atomic mass is 9.91. The van der Waals surface area contributed by atoms with E-state index in [0.717, 1.165) is 18.4 Å². The number of aliphatic hydroxyl groups is 1. The van der Waals surface area contributed by atoms with E-state index in [1.165, 1.54) is 0 Å². The highest BCUT2D eigenvalue weighted by molar-refractivity contribution is 6.32. The Kier molecular flexibility index (Phi) is 4.00. The molecule has 2 nitrogen and oxygen atoms in total. The summed E-state index contributed by atoms with van der Waals surface area (Å²) in [5.74, 6) is 0.602. The number of rotatable bonds is 4. The van der Waals surface area contributed by atoms with Crippen LogP contribution in [0.25, 0.3) is 0 Å². The average Bonchev–Trinajstić information content (AvgIpc) is 2.18. The van der Waals surface area contributed by atoms with Gasteiger partial charge < -0.3 is 9.84 Å². The van der Waals surface area contributed by atoms with E-state index in [1.807, 2.05) is 13.0 Å². The number of benzene rings is 1. The summed E-state index contributed by atoms with van der Waals surface area (Å²) < 4.78 is 5.12. The number of hydrogen-bond donors (Lipinski definition) is 1. The molecular formula is C12H17ClO2. The van der Waals surface area contributed by atoms with E-state index >= 15 is 0 Å². The highest BCUT2D eigenvalue weighted by atomic mass is 35.5.